The lowest BCUT2D eigenvalue weighted by molar-refractivity contribution is -0.135. The molecule has 3 N–H and O–H groups in total. The van der Waals surface area contributed by atoms with E-state index in [0.29, 0.717) is 16.6 Å². The fourth-order valence-electron chi connectivity index (χ4n) is 2.44. The first-order valence-corrected chi connectivity index (χ1v) is 7.18. The number of aromatic nitrogens is 1. The number of aromatic hydroxyl groups is 1. The van der Waals surface area contributed by atoms with Gasteiger partial charge in [0, 0.05) is 11.8 Å². The Balaban J connectivity index is 2.44. The summed E-state index contributed by atoms with van der Waals surface area (Å²) < 4.78 is 14.0. The molecule has 2 aromatic rings. The Morgan fingerprint density at radius 1 is 1.21 bits per heavy atom. The van der Waals surface area contributed by atoms with Crippen LogP contribution in [0, 0.1) is 5.82 Å². The average molecular weight is 326 g/mol. The highest BCUT2D eigenvalue weighted by Crippen LogP contribution is 2.22. The zero-order valence-corrected chi connectivity index (χ0v) is 13.5. The van der Waals surface area contributed by atoms with Crippen LogP contribution in [0.2, 0.25) is 0 Å². The average Bonchev–Trinajstić information content (AvgIpc) is 2.51. The number of nitrogens with zero attached hydrogens (tertiary/aromatic N) is 1. The number of carbonyl (C=O) groups excluding carboxylic acids is 1. The fourth-order valence-corrected chi connectivity index (χ4v) is 2.44. The molecule has 0 spiro atoms. The number of carboxylic acids is 1. The third-order valence-corrected chi connectivity index (χ3v) is 3.81. The number of carbonyl (C=O) groups is 2. The number of nitrogens with one attached hydrogen (secondary N) is 1. The van der Waals surface area contributed by atoms with Gasteiger partial charge in [0.25, 0.3) is 5.91 Å². The van der Waals surface area contributed by atoms with Gasteiger partial charge >= 0.3 is 5.97 Å². The maximum absolute atomic E-state index is 14.0. The van der Waals surface area contributed by atoms with E-state index in [1.165, 1.54) is 18.3 Å². The maximum atomic E-state index is 14.0. The minimum absolute atomic E-state index is 0.288. The third kappa shape index (κ3) is 3.42. The second-order valence-electron chi connectivity index (χ2n) is 5.47. The topological polar surface area (TPSA) is 99.5 Å². The van der Waals surface area contributed by atoms with E-state index in [1.807, 2.05) is 7.85 Å². The minimum Gasteiger partial charge on any atom is -0.505 e. The van der Waals surface area contributed by atoms with E-state index < -0.39 is 24.2 Å². The first-order chi connectivity index (χ1) is 11.2. The lowest BCUT2D eigenvalue weighted by Crippen LogP contribution is -2.35. The molecule has 10 heteroatoms. The summed E-state index contributed by atoms with van der Waals surface area (Å²) in [7, 11) is 5.24. The van der Waals surface area contributed by atoms with Gasteiger partial charge in [-0.25, -0.2) is 9.37 Å². The van der Waals surface area contributed by atoms with E-state index >= 15 is 0 Å². The Kier molecular flexibility index (Phi) is 4.97. The summed E-state index contributed by atoms with van der Waals surface area (Å²) in [6, 6.07) is 2.76. The van der Waals surface area contributed by atoms with Gasteiger partial charge in [-0.15, -0.1) is 0 Å². The number of carboxylic acid groups (broad SMARTS) is 1. The number of halogens is 1. The number of rotatable bonds is 4. The first-order valence-electron chi connectivity index (χ1n) is 7.18. The molecule has 0 atom stereocenters. The van der Waals surface area contributed by atoms with Gasteiger partial charge in [-0.05, 0) is 23.2 Å². The number of amides is 1. The molecular weight excluding hydrogens is 312 g/mol. The molecule has 1 amide bonds. The minimum atomic E-state index is -1.21. The zero-order chi connectivity index (χ0) is 18.0. The second-order valence-corrected chi connectivity index (χ2v) is 5.47. The largest absolute Gasteiger partial charge is 0.505 e. The highest BCUT2D eigenvalue weighted by Gasteiger charge is 2.17. The highest BCUT2D eigenvalue weighted by molar-refractivity contribution is 6.53. The molecule has 120 valence electrons. The Morgan fingerprint density at radius 3 is 2.46 bits per heavy atom. The van der Waals surface area contributed by atoms with Crippen LogP contribution >= 0.6 is 0 Å². The van der Waals surface area contributed by atoms with Crippen LogP contribution in [0.5, 0.6) is 5.75 Å². The number of benzene rings is 1. The Bertz CT molecular complexity index is 819. The summed E-state index contributed by atoms with van der Waals surface area (Å²) in [5, 5.41) is 20.7. The summed E-state index contributed by atoms with van der Waals surface area (Å²) in [6.07, 6.45) is 1.35. The van der Waals surface area contributed by atoms with Gasteiger partial charge in [-0.1, -0.05) is 10.9 Å². The van der Waals surface area contributed by atoms with Crippen molar-refractivity contribution in [3.63, 3.8) is 0 Å². The van der Waals surface area contributed by atoms with Crippen molar-refractivity contribution in [2.45, 2.75) is 0 Å². The van der Waals surface area contributed by atoms with Crippen molar-refractivity contribution < 1.29 is 24.2 Å². The summed E-state index contributed by atoms with van der Waals surface area (Å²) in [6.45, 7) is -0.580. The molecule has 0 unspecified atom stereocenters. The van der Waals surface area contributed by atoms with Crippen molar-refractivity contribution in [1.82, 2.24) is 10.3 Å². The van der Waals surface area contributed by atoms with Crippen LogP contribution < -0.4 is 21.7 Å². The molecule has 0 fully saturated rings. The predicted octanol–water partition coefficient (Wildman–Crippen LogP) is -3.82. The van der Waals surface area contributed by atoms with E-state index in [2.05, 4.69) is 10.3 Å². The molecule has 24 heavy (non-hydrogen) atoms. The molecule has 2 rings (SSSR count). The molecule has 6 nitrogen and oxygen atoms in total. The van der Waals surface area contributed by atoms with Crippen molar-refractivity contribution in [3.05, 3.63) is 29.8 Å². The smallest absolute Gasteiger partial charge is 0.322 e. The molecule has 1 aromatic heterocycles. The van der Waals surface area contributed by atoms with Crippen LogP contribution in [-0.2, 0) is 4.79 Å². The Morgan fingerprint density at radius 2 is 1.88 bits per heavy atom. The number of hydrogen-bond acceptors (Lipinski definition) is 4. The predicted molar refractivity (Wildman–Crippen MR) is 95.8 cm³/mol. The van der Waals surface area contributed by atoms with Gasteiger partial charge in [0.05, 0.1) is 0 Å². The van der Waals surface area contributed by atoms with Gasteiger partial charge in [-0.3, -0.25) is 9.59 Å². The summed E-state index contributed by atoms with van der Waals surface area (Å²) >= 11 is 0. The molecule has 0 saturated carbocycles. The van der Waals surface area contributed by atoms with Crippen molar-refractivity contribution in [2.24, 2.45) is 0 Å². The Labute approximate surface area is 140 Å². The normalized spacial score (nSPS) is 10.4. The van der Waals surface area contributed by atoms with Gasteiger partial charge in [-0.2, -0.15) is 0 Å². The number of pyridine rings is 1. The van der Waals surface area contributed by atoms with E-state index in [1.54, 1.807) is 15.7 Å². The van der Waals surface area contributed by atoms with Gasteiger partial charge in [0.15, 0.2) is 5.69 Å². The van der Waals surface area contributed by atoms with E-state index in [9.17, 15) is 19.1 Å². The first kappa shape index (κ1) is 17.6. The molecule has 1 aromatic carbocycles. The van der Waals surface area contributed by atoms with E-state index in [0.717, 1.165) is 10.9 Å². The summed E-state index contributed by atoms with van der Waals surface area (Å²) in [5.74, 6) is -2.78. The van der Waals surface area contributed by atoms with Crippen molar-refractivity contribution in [3.8, 4) is 16.9 Å². The Hall–Kier alpha value is -2.77. The maximum Gasteiger partial charge on any atom is 0.322 e. The molecule has 1 heterocycles. The van der Waals surface area contributed by atoms with Gasteiger partial charge in [0.2, 0.25) is 0 Å². The van der Waals surface area contributed by atoms with Crippen LogP contribution in [0.15, 0.2) is 18.3 Å². The molecule has 0 saturated heterocycles. The molecule has 0 aliphatic rings. The quantitative estimate of drug-likeness (QED) is 0.500. The molecular formula is C14H14B3FN2O4. The molecule has 0 radical (unpaired) electrons. The second kappa shape index (κ2) is 6.78. The van der Waals surface area contributed by atoms with Crippen LogP contribution in [0.4, 0.5) is 4.39 Å². The van der Waals surface area contributed by atoms with E-state index in [-0.39, 0.29) is 11.5 Å². The van der Waals surface area contributed by atoms with Crippen LogP contribution in [-0.4, -0.2) is 57.2 Å². The number of hydrogen-bond donors (Lipinski definition) is 3. The van der Waals surface area contributed by atoms with Crippen molar-refractivity contribution >= 4 is 51.8 Å². The van der Waals surface area contributed by atoms with Crippen LogP contribution in [0.25, 0.3) is 11.1 Å². The standard InChI is InChI=1S/C14H14B3FN2O4/c15-6-2-7(18)12(17)10(11(6)16)5-1-8(21)13(19-3-5)14(24)20-4-9(22)23/h1-3,21H,4,15-17H2,(H,20,24)(H,22,23). The van der Waals surface area contributed by atoms with Crippen molar-refractivity contribution in [1.29, 1.82) is 0 Å². The lowest BCUT2D eigenvalue weighted by Gasteiger charge is -2.15. The summed E-state index contributed by atoms with van der Waals surface area (Å²) in [5.41, 5.74) is 2.81. The van der Waals surface area contributed by atoms with E-state index in [4.69, 9.17) is 5.11 Å². The van der Waals surface area contributed by atoms with Gasteiger partial charge in [0.1, 0.15) is 41.7 Å². The van der Waals surface area contributed by atoms with Crippen LogP contribution in [0.1, 0.15) is 10.5 Å². The highest BCUT2D eigenvalue weighted by atomic mass is 19.1. The fraction of sp³-hybridized carbons (Fsp3) is 0.0714. The monoisotopic (exact) mass is 326 g/mol. The molecule has 0 aliphatic carbocycles. The lowest BCUT2D eigenvalue weighted by atomic mass is 9.71. The zero-order valence-electron chi connectivity index (χ0n) is 13.5. The third-order valence-electron chi connectivity index (χ3n) is 3.81. The number of aliphatic carboxylic acids is 1. The summed E-state index contributed by atoms with van der Waals surface area (Å²) in [4.78, 5) is 26.2. The van der Waals surface area contributed by atoms with Gasteiger partial charge < -0.3 is 15.5 Å². The molecule has 0 aliphatic heterocycles. The van der Waals surface area contributed by atoms with Crippen LogP contribution in [0.3, 0.4) is 0 Å². The molecule has 0 bridgehead atoms. The SMILES string of the molecule is Bc1cc(F)c(B)c(-c2cnc(C(=O)NCC(=O)O)c(O)c2)c1B. The van der Waals surface area contributed by atoms with Crippen molar-refractivity contribution in [2.75, 3.05) is 6.54 Å².